The second-order valence-corrected chi connectivity index (χ2v) is 7.97. The largest absolute Gasteiger partial charge is 0.460 e. The Morgan fingerprint density at radius 1 is 0.828 bits per heavy atom. The average Bonchev–Trinajstić information content (AvgIpc) is 2.75. The summed E-state index contributed by atoms with van der Waals surface area (Å²) in [7, 11) is 0. The highest BCUT2D eigenvalue weighted by atomic mass is 19.1. The third kappa shape index (κ3) is 5.68. The standard InChI is InChI=1S/C26H32F2O/c1-3-5-6-7-11-21(25(27)4-2)18-26(28)29-22-15-16-24-20(17-22)14-13-19-10-8-9-12-23(19)24/h8-10,12-17,21,25-26H,3-7,11,18H2,1-2H3. The predicted molar refractivity (Wildman–Crippen MR) is 119 cm³/mol. The van der Waals surface area contributed by atoms with Gasteiger partial charge in [0.25, 0.3) is 0 Å². The second kappa shape index (κ2) is 10.6. The lowest BCUT2D eigenvalue weighted by molar-refractivity contribution is 0.0254. The zero-order valence-electron chi connectivity index (χ0n) is 17.5. The quantitative estimate of drug-likeness (QED) is 0.233. The van der Waals surface area contributed by atoms with Crippen molar-refractivity contribution in [2.45, 2.75) is 71.3 Å². The van der Waals surface area contributed by atoms with E-state index < -0.39 is 12.5 Å². The molecule has 0 spiro atoms. The van der Waals surface area contributed by atoms with Gasteiger partial charge >= 0.3 is 0 Å². The van der Waals surface area contributed by atoms with Gasteiger partial charge in [0.2, 0.25) is 6.36 Å². The summed E-state index contributed by atoms with van der Waals surface area (Å²) in [6.07, 6.45) is 3.12. The second-order valence-electron chi connectivity index (χ2n) is 7.97. The van der Waals surface area contributed by atoms with Crippen LogP contribution in [0.15, 0.2) is 54.6 Å². The van der Waals surface area contributed by atoms with Gasteiger partial charge in [0, 0.05) is 6.42 Å². The molecule has 29 heavy (non-hydrogen) atoms. The van der Waals surface area contributed by atoms with E-state index >= 15 is 0 Å². The third-order valence-electron chi connectivity index (χ3n) is 5.80. The number of alkyl halides is 2. The van der Waals surface area contributed by atoms with Crippen LogP contribution in [0.25, 0.3) is 21.5 Å². The Kier molecular flexibility index (Phi) is 7.85. The van der Waals surface area contributed by atoms with Crippen molar-refractivity contribution in [2.24, 2.45) is 5.92 Å². The number of unbranched alkanes of at least 4 members (excludes halogenated alkanes) is 3. The molecule has 3 aromatic rings. The monoisotopic (exact) mass is 398 g/mol. The summed E-state index contributed by atoms with van der Waals surface area (Å²) in [5.74, 6) is 0.216. The van der Waals surface area contributed by atoms with Gasteiger partial charge in [-0.3, -0.25) is 0 Å². The van der Waals surface area contributed by atoms with E-state index in [0.29, 0.717) is 12.2 Å². The summed E-state index contributed by atoms with van der Waals surface area (Å²) in [5.41, 5.74) is 0. The van der Waals surface area contributed by atoms with Crippen molar-refractivity contribution in [1.82, 2.24) is 0 Å². The van der Waals surface area contributed by atoms with E-state index in [1.807, 2.05) is 43.3 Å². The summed E-state index contributed by atoms with van der Waals surface area (Å²) in [4.78, 5) is 0. The highest BCUT2D eigenvalue weighted by molar-refractivity contribution is 6.07. The summed E-state index contributed by atoms with van der Waals surface area (Å²) in [6, 6.07) is 18.0. The fraction of sp³-hybridized carbons (Fsp3) is 0.462. The van der Waals surface area contributed by atoms with Crippen LogP contribution in [-0.4, -0.2) is 12.5 Å². The van der Waals surface area contributed by atoms with Gasteiger partial charge in [0.05, 0.1) is 0 Å². The zero-order valence-corrected chi connectivity index (χ0v) is 17.5. The van der Waals surface area contributed by atoms with Gasteiger partial charge in [-0.15, -0.1) is 0 Å². The molecule has 0 heterocycles. The first-order valence-corrected chi connectivity index (χ1v) is 11.0. The summed E-state index contributed by atoms with van der Waals surface area (Å²) < 4.78 is 34.6. The number of hydrogen-bond acceptors (Lipinski definition) is 1. The van der Waals surface area contributed by atoms with Crippen LogP contribution in [0.3, 0.4) is 0 Å². The summed E-state index contributed by atoms with van der Waals surface area (Å²) in [5, 5.41) is 4.48. The van der Waals surface area contributed by atoms with Gasteiger partial charge in [0.15, 0.2) is 0 Å². The molecule has 3 unspecified atom stereocenters. The number of rotatable bonds is 11. The van der Waals surface area contributed by atoms with Gasteiger partial charge in [-0.05, 0) is 52.4 Å². The molecule has 0 aliphatic carbocycles. The van der Waals surface area contributed by atoms with E-state index in [2.05, 4.69) is 25.1 Å². The first kappa shape index (κ1) is 21.5. The number of benzene rings is 3. The lowest BCUT2D eigenvalue weighted by Crippen LogP contribution is -2.23. The Hall–Kier alpha value is -2.16. The first-order valence-electron chi connectivity index (χ1n) is 11.0. The van der Waals surface area contributed by atoms with Crippen molar-refractivity contribution in [1.29, 1.82) is 0 Å². The van der Waals surface area contributed by atoms with Crippen molar-refractivity contribution in [2.75, 3.05) is 0 Å². The van der Waals surface area contributed by atoms with Crippen molar-refractivity contribution in [3.8, 4) is 5.75 Å². The molecule has 1 nitrogen and oxygen atoms in total. The number of hydrogen-bond donors (Lipinski definition) is 0. The molecule has 0 saturated heterocycles. The predicted octanol–water partition coefficient (Wildman–Crippen LogP) is 8.39. The number of ether oxygens (including phenoxy) is 1. The molecule has 0 amide bonds. The van der Waals surface area contributed by atoms with Crippen molar-refractivity contribution < 1.29 is 13.5 Å². The van der Waals surface area contributed by atoms with Gasteiger partial charge in [-0.25, -0.2) is 8.78 Å². The van der Waals surface area contributed by atoms with Crippen LogP contribution >= 0.6 is 0 Å². The lowest BCUT2D eigenvalue weighted by Gasteiger charge is -2.22. The smallest absolute Gasteiger partial charge is 0.238 e. The van der Waals surface area contributed by atoms with E-state index in [-0.39, 0.29) is 12.3 Å². The van der Waals surface area contributed by atoms with E-state index in [1.165, 1.54) is 10.8 Å². The lowest BCUT2D eigenvalue weighted by atomic mass is 9.91. The maximum atomic E-state index is 14.7. The van der Waals surface area contributed by atoms with E-state index in [9.17, 15) is 8.78 Å². The molecule has 0 saturated carbocycles. The minimum atomic E-state index is -1.49. The van der Waals surface area contributed by atoms with E-state index in [4.69, 9.17) is 4.74 Å². The molecule has 3 rings (SSSR count). The fourth-order valence-electron chi connectivity index (χ4n) is 4.11. The topological polar surface area (TPSA) is 9.23 Å². The van der Waals surface area contributed by atoms with Crippen molar-refractivity contribution in [3.63, 3.8) is 0 Å². The molecular weight excluding hydrogens is 366 g/mol. The van der Waals surface area contributed by atoms with Crippen LogP contribution in [0.4, 0.5) is 8.78 Å². The summed E-state index contributed by atoms with van der Waals surface area (Å²) >= 11 is 0. The maximum absolute atomic E-state index is 14.7. The number of halogens is 2. The first-order chi connectivity index (χ1) is 14.1. The van der Waals surface area contributed by atoms with Crippen LogP contribution < -0.4 is 4.74 Å². The van der Waals surface area contributed by atoms with Crippen LogP contribution in [-0.2, 0) is 0 Å². The molecule has 156 valence electrons. The molecule has 0 bridgehead atoms. The molecule has 3 heteroatoms. The molecule has 3 aromatic carbocycles. The third-order valence-corrected chi connectivity index (χ3v) is 5.80. The minimum Gasteiger partial charge on any atom is -0.460 e. The molecule has 0 aliphatic heterocycles. The molecule has 0 N–H and O–H groups in total. The van der Waals surface area contributed by atoms with Gasteiger partial charge in [0.1, 0.15) is 11.9 Å². The highest BCUT2D eigenvalue weighted by Crippen LogP contribution is 2.30. The Balaban J connectivity index is 1.67. The van der Waals surface area contributed by atoms with Gasteiger partial charge in [-0.1, -0.05) is 82.0 Å². The Morgan fingerprint density at radius 3 is 2.38 bits per heavy atom. The molecule has 3 atom stereocenters. The molecule has 0 radical (unpaired) electrons. The maximum Gasteiger partial charge on any atom is 0.238 e. The van der Waals surface area contributed by atoms with E-state index in [0.717, 1.165) is 42.9 Å². The highest BCUT2D eigenvalue weighted by Gasteiger charge is 2.24. The minimum absolute atomic E-state index is 0.108. The molecule has 0 fully saturated rings. The number of fused-ring (bicyclic) bond motifs is 3. The van der Waals surface area contributed by atoms with Crippen LogP contribution in [0.5, 0.6) is 5.75 Å². The molecule has 0 aromatic heterocycles. The Morgan fingerprint density at radius 2 is 1.59 bits per heavy atom. The molecular formula is C26H32F2O. The Labute approximate surface area is 173 Å². The van der Waals surface area contributed by atoms with Crippen LogP contribution in [0, 0.1) is 5.92 Å². The van der Waals surface area contributed by atoms with Crippen molar-refractivity contribution in [3.05, 3.63) is 54.6 Å². The zero-order chi connectivity index (χ0) is 20.6. The fourth-order valence-corrected chi connectivity index (χ4v) is 4.11. The normalized spacial score (nSPS) is 14.8. The van der Waals surface area contributed by atoms with Crippen LogP contribution in [0.2, 0.25) is 0 Å². The van der Waals surface area contributed by atoms with Gasteiger partial charge < -0.3 is 4.74 Å². The van der Waals surface area contributed by atoms with Gasteiger partial charge in [-0.2, -0.15) is 0 Å². The average molecular weight is 399 g/mol. The molecule has 0 aliphatic rings. The van der Waals surface area contributed by atoms with Crippen LogP contribution in [0.1, 0.15) is 58.8 Å². The summed E-state index contributed by atoms with van der Waals surface area (Å²) in [6.45, 7) is 3.98. The van der Waals surface area contributed by atoms with Crippen molar-refractivity contribution >= 4 is 21.5 Å². The Bertz CT molecular complexity index is 907. The SMILES string of the molecule is CCCCCCC(CC(F)Oc1ccc2c(ccc3ccccc32)c1)C(F)CC. The van der Waals surface area contributed by atoms with E-state index in [1.54, 1.807) is 0 Å².